The van der Waals surface area contributed by atoms with Crippen molar-refractivity contribution in [3.05, 3.63) is 33.8 Å². The molecule has 0 aliphatic carbocycles. The number of nitrogens with one attached hydrogen (secondary N) is 2. The first kappa shape index (κ1) is 14.8. The Morgan fingerprint density at radius 1 is 1.24 bits per heavy atom. The van der Waals surface area contributed by atoms with Crippen LogP contribution in [0.4, 0.5) is 0 Å². The Kier molecular flexibility index (Phi) is 6.90. The lowest BCUT2D eigenvalue weighted by Crippen LogP contribution is -2.36. The summed E-state index contributed by atoms with van der Waals surface area (Å²) in [5, 5.41) is 8.04. The Labute approximate surface area is 114 Å². The third kappa shape index (κ3) is 5.73. The minimum atomic E-state index is 0.441. The third-order valence-corrected chi connectivity index (χ3v) is 3.25. The Morgan fingerprint density at radius 3 is 2.65 bits per heavy atom. The summed E-state index contributed by atoms with van der Waals surface area (Å²) in [7, 11) is 0. The number of benzene rings is 1. The lowest BCUT2D eigenvalue weighted by atomic mass is 10.2. The van der Waals surface area contributed by atoms with Gasteiger partial charge < -0.3 is 10.6 Å². The highest BCUT2D eigenvalue weighted by atomic mass is 35.5. The highest BCUT2D eigenvalue weighted by Crippen LogP contribution is 2.22. The molecule has 0 radical (unpaired) electrons. The Bertz CT molecular complexity index is 342. The molecule has 1 unspecified atom stereocenters. The van der Waals surface area contributed by atoms with Crippen molar-refractivity contribution in [3.8, 4) is 0 Å². The van der Waals surface area contributed by atoms with Gasteiger partial charge in [0.2, 0.25) is 0 Å². The van der Waals surface area contributed by atoms with Gasteiger partial charge in [0.15, 0.2) is 0 Å². The summed E-state index contributed by atoms with van der Waals surface area (Å²) in [6.45, 7) is 7.20. The third-order valence-electron chi connectivity index (χ3n) is 2.52. The molecule has 0 aromatic heterocycles. The van der Waals surface area contributed by atoms with E-state index in [0.717, 1.165) is 25.2 Å². The summed E-state index contributed by atoms with van der Waals surface area (Å²) in [6.07, 6.45) is 1.17. The van der Waals surface area contributed by atoms with Gasteiger partial charge in [0, 0.05) is 19.1 Å². The second kappa shape index (κ2) is 7.93. The van der Waals surface area contributed by atoms with E-state index in [1.165, 1.54) is 6.42 Å². The fraction of sp³-hybridized carbons (Fsp3) is 0.538. The minimum absolute atomic E-state index is 0.441. The normalized spacial score (nSPS) is 12.7. The van der Waals surface area contributed by atoms with E-state index in [0.29, 0.717) is 16.1 Å². The average molecular weight is 275 g/mol. The predicted molar refractivity (Wildman–Crippen MR) is 75.9 cm³/mol. The molecule has 0 spiro atoms. The molecule has 0 bridgehead atoms. The fourth-order valence-corrected chi connectivity index (χ4v) is 1.83. The number of hydrogen-bond donors (Lipinski definition) is 2. The molecule has 0 fully saturated rings. The first-order chi connectivity index (χ1) is 8.13. The van der Waals surface area contributed by atoms with E-state index in [1.54, 1.807) is 0 Å². The van der Waals surface area contributed by atoms with Crippen LogP contribution in [0.1, 0.15) is 25.8 Å². The number of hydrogen-bond acceptors (Lipinski definition) is 2. The van der Waals surface area contributed by atoms with E-state index in [9.17, 15) is 0 Å². The summed E-state index contributed by atoms with van der Waals surface area (Å²) in [6, 6.07) is 6.17. The van der Waals surface area contributed by atoms with Crippen LogP contribution in [0.2, 0.25) is 10.0 Å². The Morgan fingerprint density at radius 2 is 2.00 bits per heavy atom. The quantitative estimate of drug-likeness (QED) is 0.744. The van der Waals surface area contributed by atoms with Crippen LogP contribution in [-0.2, 0) is 6.54 Å². The van der Waals surface area contributed by atoms with E-state index >= 15 is 0 Å². The van der Waals surface area contributed by atoms with Crippen molar-refractivity contribution < 1.29 is 0 Å². The van der Waals surface area contributed by atoms with Gasteiger partial charge in [-0.1, -0.05) is 36.2 Å². The van der Waals surface area contributed by atoms with Crippen molar-refractivity contribution in [2.75, 3.05) is 13.1 Å². The first-order valence-electron chi connectivity index (χ1n) is 6.01. The van der Waals surface area contributed by atoms with Crippen LogP contribution in [0.5, 0.6) is 0 Å². The molecule has 1 atom stereocenters. The maximum Gasteiger partial charge on any atom is 0.0595 e. The van der Waals surface area contributed by atoms with E-state index in [-0.39, 0.29) is 0 Å². The maximum absolute atomic E-state index is 5.96. The standard InChI is InChI=1S/C13H20Cl2N2/c1-3-6-16-8-10(2)17-9-11-4-5-12(14)13(15)7-11/h4-5,7,10,16-17H,3,6,8-9H2,1-2H3. The maximum atomic E-state index is 5.96. The SMILES string of the molecule is CCCNCC(C)NCc1ccc(Cl)c(Cl)c1. The zero-order valence-electron chi connectivity index (χ0n) is 10.4. The van der Waals surface area contributed by atoms with Crippen LogP contribution < -0.4 is 10.6 Å². The molecule has 0 saturated heterocycles. The van der Waals surface area contributed by atoms with Gasteiger partial charge >= 0.3 is 0 Å². The number of rotatable bonds is 7. The highest BCUT2D eigenvalue weighted by Gasteiger charge is 2.02. The molecule has 1 aromatic rings. The topological polar surface area (TPSA) is 24.1 Å². The van der Waals surface area contributed by atoms with Gasteiger partial charge in [-0.25, -0.2) is 0 Å². The molecule has 2 N–H and O–H groups in total. The predicted octanol–water partition coefficient (Wildman–Crippen LogP) is 3.47. The molecule has 1 aromatic carbocycles. The zero-order valence-corrected chi connectivity index (χ0v) is 11.9. The summed E-state index contributed by atoms with van der Waals surface area (Å²) in [5.74, 6) is 0. The Hall–Kier alpha value is -0.280. The van der Waals surface area contributed by atoms with Gasteiger partial charge in [0.25, 0.3) is 0 Å². The molecule has 0 heterocycles. The zero-order chi connectivity index (χ0) is 12.7. The molecule has 0 aliphatic rings. The van der Waals surface area contributed by atoms with Gasteiger partial charge in [-0.15, -0.1) is 0 Å². The summed E-state index contributed by atoms with van der Waals surface area (Å²) < 4.78 is 0. The smallest absolute Gasteiger partial charge is 0.0595 e. The van der Waals surface area contributed by atoms with Crippen molar-refractivity contribution >= 4 is 23.2 Å². The summed E-state index contributed by atoms with van der Waals surface area (Å²) >= 11 is 11.8. The highest BCUT2D eigenvalue weighted by molar-refractivity contribution is 6.42. The van der Waals surface area contributed by atoms with Gasteiger partial charge in [-0.05, 0) is 37.6 Å². The van der Waals surface area contributed by atoms with E-state index in [4.69, 9.17) is 23.2 Å². The van der Waals surface area contributed by atoms with Crippen LogP contribution in [0, 0.1) is 0 Å². The van der Waals surface area contributed by atoms with Crippen LogP contribution in [0.25, 0.3) is 0 Å². The van der Waals surface area contributed by atoms with E-state index in [2.05, 4.69) is 24.5 Å². The molecule has 0 aliphatic heterocycles. The molecule has 96 valence electrons. The summed E-state index contributed by atoms with van der Waals surface area (Å²) in [5.41, 5.74) is 1.15. The fourth-order valence-electron chi connectivity index (χ4n) is 1.51. The van der Waals surface area contributed by atoms with Crippen LogP contribution in [0.3, 0.4) is 0 Å². The monoisotopic (exact) mass is 274 g/mol. The van der Waals surface area contributed by atoms with E-state index in [1.807, 2.05) is 18.2 Å². The van der Waals surface area contributed by atoms with Crippen molar-refractivity contribution in [1.82, 2.24) is 10.6 Å². The molecule has 17 heavy (non-hydrogen) atoms. The largest absolute Gasteiger partial charge is 0.315 e. The van der Waals surface area contributed by atoms with Gasteiger partial charge in [0.1, 0.15) is 0 Å². The van der Waals surface area contributed by atoms with Crippen LogP contribution in [0.15, 0.2) is 18.2 Å². The molecule has 2 nitrogen and oxygen atoms in total. The Balaban J connectivity index is 2.31. The van der Waals surface area contributed by atoms with Crippen LogP contribution >= 0.6 is 23.2 Å². The van der Waals surface area contributed by atoms with Gasteiger partial charge in [-0.3, -0.25) is 0 Å². The summed E-state index contributed by atoms with van der Waals surface area (Å²) in [4.78, 5) is 0. The van der Waals surface area contributed by atoms with Crippen molar-refractivity contribution in [2.45, 2.75) is 32.9 Å². The number of halogens is 2. The van der Waals surface area contributed by atoms with Crippen molar-refractivity contribution in [1.29, 1.82) is 0 Å². The first-order valence-corrected chi connectivity index (χ1v) is 6.77. The van der Waals surface area contributed by atoms with Crippen LogP contribution in [-0.4, -0.2) is 19.1 Å². The average Bonchev–Trinajstić information content (AvgIpc) is 2.31. The van der Waals surface area contributed by atoms with Crippen molar-refractivity contribution in [2.24, 2.45) is 0 Å². The lowest BCUT2D eigenvalue weighted by Gasteiger charge is -2.14. The minimum Gasteiger partial charge on any atom is -0.315 e. The molecule has 0 amide bonds. The van der Waals surface area contributed by atoms with Gasteiger partial charge in [0.05, 0.1) is 10.0 Å². The molecule has 0 saturated carbocycles. The second-order valence-electron chi connectivity index (χ2n) is 4.23. The molecular weight excluding hydrogens is 255 g/mol. The van der Waals surface area contributed by atoms with E-state index < -0.39 is 0 Å². The second-order valence-corrected chi connectivity index (χ2v) is 5.05. The lowest BCUT2D eigenvalue weighted by molar-refractivity contribution is 0.501. The molecule has 4 heteroatoms. The molecular formula is C13H20Cl2N2. The molecule has 1 rings (SSSR count). The van der Waals surface area contributed by atoms with Gasteiger partial charge in [-0.2, -0.15) is 0 Å². The van der Waals surface area contributed by atoms with Crippen molar-refractivity contribution in [3.63, 3.8) is 0 Å².